The van der Waals surface area contributed by atoms with Gasteiger partial charge in [-0.05, 0) is 35.4 Å². The number of pyridine rings is 1. The lowest BCUT2D eigenvalue weighted by Crippen LogP contribution is -1.93. The number of methoxy groups -OCH3 is 1. The summed E-state index contributed by atoms with van der Waals surface area (Å²) in [4.78, 5) is 15.4. The molecule has 132 valence electrons. The van der Waals surface area contributed by atoms with Crippen LogP contribution >= 0.6 is 11.6 Å². The van der Waals surface area contributed by atoms with Crippen molar-refractivity contribution >= 4 is 30.0 Å². The van der Waals surface area contributed by atoms with Crippen LogP contribution in [0.3, 0.4) is 0 Å². The highest BCUT2D eigenvalue weighted by Gasteiger charge is 2.10. The van der Waals surface area contributed by atoms with Crippen LogP contribution in [0, 0.1) is 11.3 Å². The van der Waals surface area contributed by atoms with E-state index in [1.807, 2.05) is 36.4 Å². The van der Waals surface area contributed by atoms with Crippen molar-refractivity contribution in [1.82, 2.24) is 4.98 Å². The number of rotatable bonds is 5. The first-order valence-corrected chi connectivity index (χ1v) is 8.51. The van der Waals surface area contributed by atoms with E-state index in [4.69, 9.17) is 16.3 Å². The van der Waals surface area contributed by atoms with Gasteiger partial charge in [0.1, 0.15) is 11.8 Å². The van der Waals surface area contributed by atoms with Crippen LogP contribution in [-0.2, 0) is 0 Å². The first-order chi connectivity index (χ1) is 13.2. The van der Waals surface area contributed by atoms with Gasteiger partial charge in [-0.3, -0.25) is 9.78 Å². The van der Waals surface area contributed by atoms with Crippen LogP contribution in [0.25, 0.3) is 23.3 Å². The number of carbonyl (C=O) groups is 1. The van der Waals surface area contributed by atoms with Gasteiger partial charge >= 0.3 is 0 Å². The second kappa shape index (κ2) is 8.31. The molecule has 5 heteroatoms. The highest BCUT2D eigenvalue weighted by atomic mass is 35.5. The highest BCUT2D eigenvalue weighted by Crippen LogP contribution is 2.29. The standard InChI is InChI=1S/C22H15ClN2O2/c1-27-22-12-16(20(23)11-17(22)14-26)7-8-21-19(13-24)18(9-10-25-21)15-5-3-2-4-6-15/h2-12,14H,1H3/b8-7+. The van der Waals surface area contributed by atoms with E-state index in [-0.39, 0.29) is 0 Å². The van der Waals surface area contributed by atoms with Crippen molar-refractivity contribution in [2.24, 2.45) is 0 Å². The summed E-state index contributed by atoms with van der Waals surface area (Å²) in [5.41, 5.74) is 3.81. The number of halogens is 1. The maximum absolute atomic E-state index is 11.1. The number of benzene rings is 2. The summed E-state index contributed by atoms with van der Waals surface area (Å²) in [5, 5.41) is 10.1. The Morgan fingerprint density at radius 3 is 2.56 bits per heavy atom. The minimum absolute atomic E-state index is 0.376. The average Bonchev–Trinajstić information content (AvgIpc) is 2.72. The zero-order valence-corrected chi connectivity index (χ0v) is 15.3. The van der Waals surface area contributed by atoms with Crippen molar-refractivity contribution in [1.29, 1.82) is 5.26 Å². The Labute approximate surface area is 162 Å². The molecule has 4 nitrogen and oxygen atoms in total. The number of ether oxygens (including phenoxy) is 1. The smallest absolute Gasteiger partial charge is 0.153 e. The van der Waals surface area contributed by atoms with Crippen LogP contribution in [0.15, 0.2) is 54.7 Å². The SMILES string of the molecule is COc1cc(/C=C/c2nccc(-c3ccccc3)c2C#N)c(Cl)cc1C=O. The Kier molecular flexibility index (Phi) is 5.65. The van der Waals surface area contributed by atoms with Gasteiger partial charge in [0.05, 0.1) is 23.9 Å². The van der Waals surface area contributed by atoms with Crippen LogP contribution in [0.1, 0.15) is 27.2 Å². The average molecular weight is 375 g/mol. The fourth-order valence-electron chi connectivity index (χ4n) is 2.73. The molecule has 1 heterocycles. The molecular weight excluding hydrogens is 360 g/mol. The molecule has 0 amide bonds. The Balaban J connectivity index is 2.04. The monoisotopic (exact) mass is 374 g/mol. The lowest BCUT2D eigenvalue weighted by atomic mass is 9.99. The lowest BCUT2D eigenvalue weighted by Gasteiger charge is -2.08. The Hall–Kier alpha value is -3.42. The molecule has 0 spiro atoms. The second-order valence-corrected chi connectivity index (χ2v) is 6.07. The third kappa shape index (κ3) is 3.89. The molecular formula is C22H15ClN2O2. The second-order valence-electron chi connectivity index (χ2n) is 5.66. The maximum Gasteiger partial charge on any atom is 0.153 e. The summed E-state index contributed by atoms with van der Waals surface area (Å²) in [5.74, 6) is 0.431. The molecule has 0 atom stereocenters. The van der Waals surface area contributed by atoms with E-state index in [0.29, 0.717) is 39.4 Å². The van der Waals surface area contributed by atoms with Gasteiger partial charge in [-0.1, -0.05) is 48.0 Å². The number of aromatic nitrogens is 1. The minimum atomic E-state index is 0.376. The fourth-order valence-corrected chi connectivity index (χ4v) is 2.97. The van der Waals surface area contributed by atoms with Gasteiger partial charge in [0.2, 0.25) is 0 Å². The number of carbonyl (C=O) groups excluding carboxylic acids is 1. The van der Waals surface area contributed by atoms with Crippen molar-refractivity contribution in [3.8, 4) is 22.9 Å². The molecule has 27 heavy (non-hydrogen) atoms. The topological polar surface area (TPSA) is 63.0 Å². The van der Waals surface area contributed by atoms with Crippen molar-refractivity contribution < 1.29 is 9.53 Å². The van der Waals surface area contributed by atoms with Crippen molar-refractivity contribution in [3.05, 3.63) is 82.1 Å². The molecule has 0 aliphatic rings. The molecule has 0 N–H and O–H groups in total. The normalized spacial score (nSPS) is 10.6. The summed E-state index contributed by atoms with van der Waals surface area (Å²) in [6, 6.07) is 16.9. The lowest BCUT2D eigenvalue weighted by molar-refractivity contribution is 0.112. The maximum atomic E-state index is 11.1. The van der Waals surface area contributed by atoms with E-state index in [9.17, 15) is 10.1 Å². The minimum Gasteiger partial charge on any atom is -0.496 e. The molecule has 1 aromatic heterocycles. The quantitative estimate of drug-likeness (QED) is 0.571. The van der Waals surface area contributed by atoms with Gasteiger partial charge in [0, 0.05) is 16.8 Å². The predicted molar refractivity (Wildman–Crippen MR) is 107 cm³/mol. The molecule has 3 aromatic rings. The summed E-state index contributed by atoms with van der Waals surface area (Å²) < 4.78 is 5.21. The van der Waals surface area contributed by atoms with Gasteiger partial charge in [-0.25, -0.2) is 0 Å². The number of nitrogens with zero attached hydrogens (tertiary/aromatic N) is 2. The van der Waals surface area contributed by atoms with E-state index >= 15 is 0 Å². The zero-order chi connectivity index (χ0) is 19.2. The van der Waals surface area contributed by atoms with Gasteiger partial charge in [-0.15, -0.1) is 0 Å². The Morgan fingerprint density at radius 1 is 1.11 bits per heavy atom. The largest absolute Gasteiger partial charge is 0.496 e. The molecule has 0 aliphatic carbocycles. The van der Waals surface area contributed by atoms with E-state index in [2.05, 4.69) is 11.1 Å². The van der Waals surface area contributed by atoms with Crippen LogP contribution in [0.4, 0.5) is 0 Å². The Bertz CT molecular complexity index is 1050. The predicted octanol–water partition coefficient (Wildman–Crippen LogP) is 5.27. The van der Waals surface area contributed by atoms with E-state index in [0.717, 1.165) is 11.1 Å². The Morgan fingerprint density at radius 2 is 1.89 bits per heavy atom. The zero-order valence-electron chi connectivity index (χ0n) is 14.5. The molecule has 0 radical (unpaired) electrons. The van der Waals surface area contributed by atoms with E-state index < -0.39 is 0 Å². The molecule has 0 aliphatic heterocycles. The highest BCUT2D eigenvalue weighted by molar-refractivity contribution is 6.32. The summed E-state index contributed by atoms with van der Waals surface area (Å²) >= 11 is 6.25. The van der Waals surface area contributed by atoms with Crippen molar-refractivity contribution in [3.63, 3.8) is 0 Å². The number of nitriles is 1. The van der Waals surface area contributed by atoms with Crippen LogP contribution in [0.2, 0.25) is 5.02 Å². The summed E-state index contributed by atoms with van der Waals surface area (Å²) in [7, 11) is 1.49. The molecule has 0 saturated carbocycles. The molecule has 0 saturated heterocycles. The van der Waals surface area contributed by atoms with Gasteiger partial charge in [0.25, 0.3) is 0 Å². The van der Waals surface area contributed by atoms with Gasteiger partial charge in [0.15, 0.2) is 6.29 Å². The van der Waals surface area contributed by atoms with Crippen LogP contribution in [-0.4, -0.2) is 18.4 Å². The number of hydrogen-bond acceptors (Lipinski definition) is 4. The third-order valence-corrected chi connectivity index (χ3v) is 4.40. The van der Waals surface area contributed by atoms with Crippen LogP contribution < -0.4 is 4.74 Å². The van der Waals surface area contributed by atoms with E-state index in [1.165, 1.54) is 7.11 Å². The fraction of sp³-hybridized carbons (Fsp3) is 0.0455. The van der Waals surface area contributed by atoms with Crippen molar-refractivity contribution in [2.75, 3.05) is 7.11 Å². The first-order valence-electron chi connectivity index (χ1n) is 8.13. The molecule has 3 rings (SSSR count). The summed E-state index contributed by atoms with van der Waals surface area (Å²) in [6.45, 7) is 0. The van der Waals surface area contributed by atoms with Gasteiger partial charge in [-0.2, -0.15) is 5.26 Å². The van der Waals surface area contributed by atoms with E-state index in [1.54, 1.807) is 30.5 Å². The van der Waals surface area contributed by atoms with Crippen molar-refractivity contribution in [2.45, 2.75) is 0 Å². The third-order valence-electron chi connectivity index (χ3n) is 4.07. The molecule has 0 fully saturated rings. The number of hydrogen-bond donors (Lipinski definition) is 0. The molecule has 2 aromatic carbocycles. The van der Waals surface area contributed by atoms with Gasteiger partial charge < -0.3 is 4.74 Å². The number of aldehydes is 1. The molecule has 0 bridgehead atoms. The molecule has 0 unspecified atom stereocenters. The summed E-state index contributed by atoms with van der Waals surface area (Å²) in [6.07, 6.45) is 5.83. The van der Waals surface area contributed by atoms with Crippen LogP contribution in [0.5, 0.6) is 5.75 Å². The first kappa shape index (κ1) is 18.4.